The lowest BCUT2D eigenvalue weighted by atomic mass is 10.2. The molecule has 2 N–H and O–H groups in total. The third kappa shape index (κ3) is 4.89. The molecule has 8 nitrogen and oxygen atoms in total. The van der Waals surface area contributed by atoms with Gasteiger partial charge >= 0.3 is 12.2 Å². The van der Waals surface area contributed by atoms with E-state index in [1.54, 1.807) is 12.1 Å². The number of aromatic nitrogens is 2. The van der Waals surface area contributed by atoms with Crippen molar-refractivity contribution in [2.24, 2.45) is 0 Å². The van der Waals surface area contributed by atoms with Gasteiger partial charge in [-0.1, -0.05) is 0 Å². The Morgan fingerprint density at radius 1 is 1.13 bits per heavy atom. The predicted octanol–water partition coefficient (Wildman–Crippen LogP) is 3.63. The van der Waals surface area contributed by atoms with Crippen LogP contribution in [-0.2, 0) is 12.7 Å². The van der Waals surface area contributed by atoms with Crippen molar-refractivity contribution in [3.8, 4) is 17.2 Å². The number of rotatable bonds is 8. The van der Waals surface area contributed by atoms with Crippen molar-refractivity contribution in [1.82, 2.24) is 15.1 Å². The Labute approximate surface area is 171 Å². The molecule has 0 bridgehead atoms. The number of benzene rings is 1. The van der Waals surface area contributed by atoms with Crippen molar-refractivity contribution in [3.05, 3.63) is 29.6 Å². The summed E-state index contributed by atoms with van der Waals surface area (Å²) in [4.78, 5) is 12.2. The largest absolute Gasteiger partial charge is 0.493 e. The van der Waals surface area contributed by atoms with E-state index in [-0.39, 0.29) is 19.0 Å². The Morgan fingerprint density at radius 2 is 1.77 bits per heavy atom. The van der Waals surface area contributed by atoms with Crippen LogP contribution in [0.5, 0.6) is 17.2 Å². The molecule has 0 saturated heterocycles. The van der Waals surface area contributed by atoms with Gasteiger partial charge in [0.15, 0.2) is 17.2 Å². The number of nitrogens with zero attached hydrogens (tertiary/aromatic N) is 2. The number of carbonyl (C=O) groups excluding carboxylic acids is 1. The molecule has 3 rings (SSSR count). The van der Waals surface area contributed by atoms with Gasteiger partial charge in [0.25, 0.3) is 0 Å². The van der Waals surface area contributed by atoms with Gasteiger partial charge in [-0.05, 0) is 18.9 Å². The molecule has 1 fully saturated rings. The predicted molar refractivity (Wildman–Crippen MR) is 102 cm³/mol. The van der Waals surface area contributed by atoms with E-state index in [9.17, 15) is 18.0 Å². The number of anilines is 1. The molecule has 30 heavy (non-hydrogen) atoms. The van der Waals surface area contributed by atoms with Crippen LogP contribution >= 0.6 is 0 Å². The topological polar surface area (TPSA) is 86.6 Å². The summed E-state index contributed by atoms with van der Waals surface area (Å²) in [5, 5.41) is 8.91. The van der Waals surface area contributed by atoms with Gasteiger partial charge in [0, 0.05) is 30.3 Å². The average Bonchev–Trinajstić information content (AvgIpc) is 3.45. The second-order valence-corrected chi connectivity index (χ2v) is 6.74. The van der Waals surface area contributed by atoms with Crippen LogP contribution in [0.2, 0.25) is 0 Å². The van der Waals surface area contributed by atoms with Crippen LogP contribution in [0, 0.1) is 0 Å². The molecule has 1 aliphatic carbocycles. The summed E-state index contributed by atoms with van der Waals surface area (Å²) in [5.41, 5.74) is 0.0413. The summed E-state index contributed by atoms with van der Waals surface area (Å²) in [6.07, 6.45) is -2.80. The summed E-state index contributed by atoms with van der Waals surface area (Å²) in [5.74, 6) is 1.23. The highest BCUT2D eigenvalue weighted by Crippen LogP contribution is 2.42. The number of carbonyl (C=O) groups is 1. The Kier molecular flexibility index (Phi) is 6.28. The lowest BCUT2D eigenvalue weighted by Gasteiger charge is -2.15. The van der Waals surface area contributed by atoms with Gasteiger partial charge in [0.05, 0.1) is 33.6 Å². The van der Waals surface area contributed by atoms with Gasteiger partial charge in [-0.15, -0.1) is 0 Å². The molecule has 164 valence electrons. The highest BCUT2D eigenvalue weighted by Gasteiger charge is 2.37. The van der Waals surface area contributed by atoms with E-state index >= 15 is 0 Å². The first-order chi connectivity index (χ1) is 14.3. The van der Waals surface area contributed by atoms with E-state index in [1.165, 1.54) is 26.0 Å². The molecule has 0 radical (unpaired) electrons. The summed E-state index contributed by atoms with van der Waals surface area (Å²) < 4.78 is 55.9. The van der Waals surface area contributed by atoms with E-state index in [0.717, 1.165) is 18.9 Å². The fourth-order valence-electron chi connectivity index (χ4n) is 3.06. The van der Waals surface area contributed by atoms with Gasteiger partial charge in [0.1, 0.15) is 0 Å². The highest BCUT2D eigenvalue weighted by molar-refractivity contribution is 5.90. The maximum atomic E-state index is 13.0. The Hall–Kier alpha value is -3.11. The number of ether oxygens (including phenoxy) is 3. The first kappa shape index (κ1) is 21.6. The van der Waals surface area contributed by atoms with E-state index in [4.69, 9.17) is 14.2 Å². The van der Waals surface area contributed by atoms with Crippen LogP contribution < -0.4 is 24.8 Å². The molecular formula is C19H23F3N4O4. The standard InChI is InChI=1S/C19H23F3N4O4/c1-28-14-8-12(9-15(29-2)17(14)30-3)24-18(27)23-6-7-26-13(11-4-5-11)10-16(25-26)19(20,21)22/h8-11H,4-7H2,1-3H3,(H2,23,24,27). The lowest BCUT2D eigenvalue weighted by Crippen LogP contribution is -2.32. The Balaban J connectivity index is 1.61. The minimum absolute atomic E-state index is 0.0988. The number of amides is 2. The smallest absolute Gasteiger partial charge is 0.435 e. The lowest BCUT2D eigenvalue weighted by molar-refractivity contribution is -0.141. The molecule has 11 heteroatoms. The van der Waals surface area contributed by atoms with Gasteiger partial charge in [-0.2, -0.15) is 18.3 Å². The number of methoxy groups -OCH3 is 3. The monoisotopic (exact) mass is 428 g/mol. The highest BCUT2D eigenvalue weighted by atomic mass is 19.4. The quantitative estimate of drug-likeness (QED) is 0.671. The van der Waals surface area contributed by atoms with Crippen LogP contribution in [0.1, 0.15) is 30.1 Å². The number of urea groups is 1. The van der Waals surface area contributed by atoms with Crippen LogP contribution in [0.25, 0.3) is 0 Å². The number of nitrogens with one attached hydrogen (secondary N) is 2. The van der Waals surface area contributed by atoms with Crippen LogP contribution in [-0.4, -0.2) is 43.7 Å². The van der Waals surface area contributed by atoms with Crippen LogP contribution in [0.15, 0.2) is 18.2 Å². The average molecular weight is 428 g/mol. The first-order valence-electron chi connectivity index (χ1n) is 9.26. The van der Waals surface area contributed by atoms with Crippen LogP contribution in [0.3, 0.4) is 0 Å². The molecule has 1 heterocycles. The van der Waals surface area contributed by atoms with Crippen molar-refractivity contribution >= 4 is 11.7 Å². The molecule has 1 saturated carbocycles. The molecule has 1 aliphatic rings. The van der Waals surface area contributed by atoms with Crippen LogP contribution in [0.4, 0.5) is 23.7 Å². The van der Waals surface area contributed by atoms with Crippen molar-refractivity contribution in [1.29, 1.82) is 0 Å². The summed E-state index contributed by atoms with van der Waals surface area (Å²) in [6, 6.07) is 3.69. The molecule has 2 aromatic rings. The van der Waals surface area contributed by atoms with Gasteiger partial charge in [0.2, 0.25) is 5.75 Å². The van der Waals surface area contributed by atoms with Crippen molar-refractivity contribution < 1.29 is 32.2 Å². The number of halogens is 3. The third-order valence-corrected chi connectivity index (χ3v) is 4.63. The molecule has 0 spiro atoms. The molecule has 1 aromatic heterocycles. The third-order valence-electron chi connectivity index (χ3n) is 4.63. The molecule has 0 aliphatic heterocycles. The minimum Gasteiger partial charge on any atom is -0.493 e. The van der Waals surface area contributed by atoms with Crippen molar-refractivity contribution in [2.45, 2.75) is 31.5 Å². The first-order valence-corrected chi connectivity index (χ1v) is 9.26. The zero-order valence-electron chi connectivity index (χ0n) is 16.8. The second kappa shape index (κ2) is 8.72. The summed E-state index contributed by atoms with van der Waals surface area (Å²) >= 11 is 0. The molecule has 1 aromatic carbocycles. The van der Waals surface area contributed by atoms with E-state index < -0.39 is 17.9 Å². The minimum atomic E-state index is -4.49. The zero-order valence-corrected chi connectivity index (χ0v) is 16.8. The zero-order chi connectivity index (χ0) is 21.9. The maximum absolute atomic E-state index is 13.0. The molecule has 0 atom stereocenters. The van der Waals surface area contributed by atoms with Gasteiger partial charge < -0.3 is 24.8 Å². The molecule has 2 amide bonds. The van der Waals surface area contributed by atoms with Gasteiger partial charge in [-0.3, -0.25) is 4.68 Å². The molecule has 0 unspecified atom stereocenters. The fraction of sp³-hybridized carbons (Fsp3) is 0.474. The SMILES string of the molecule is COc1cc(NC(=O)NCCn2nc(C(F)(F)F)cc2C2CC2)cc(OC)c1OC. The van der Waals surface area contributed by atoms with E-state index in [2.05, 4.69) is 15.7 Å². The van der Waals surface area contributed by atoms with Gasteiger partial charge in [-0.25, -0.2) is 4.79 Å². The summed E-state index contributed by atoms with van der Waals surface area (Å²) in [7, 11) is 4.38. The van der Waals surface area contributed by atoms with E-state index in [0.29, 0.717) is 28.6 Å². The second-order valence-electron chi connectivity index (χ2n) is 6.74. The maximum Gasteiger partial charge on any atom is 0.435 e. The number of hydrogen-bond acceptors (Lipinski definition) is 5. The van der Waals surface area contributed by atoms with Crippen molar-refractivity contribution in [3.63, 3.8) is 0 Å². The van der Waals surface area contributed by atoms with Crippen molar-refractivity contribution in [2.75, 3.05) is 33.2 Å². The Morgan fingerprint density at radius 3 is 2.27 bits per heavy atom. The normalized spacial score (nSPS) is 13.7. The number of hydrogen-bond donors (Lipinski definition) is 2. The van der Waals surface area contributed by atoms with E-state index in [1.807, 2.05) is 0 Å². The number of alkyl halides is 3. The summed E-state index contributed by atoms with van der Waals surface area (Å²) in [6.45, 7) is 0.236. The molecular weight excluding hydrogens is 405 g/mol. The Bertz CT molecular complexity index is 885. The fourth-order valence-corrected chi connectivity index (χ4v) is 3.06.